The zero-order chi connectivity index (χ0) is 24.2. The van der Waals surface area contributed by atoms with Crippen molar-refractivity contribution in [3.63, 3.8) is 0 Å². The molecule has 1 aromatic heterocycles. The predicted octanol–water partition coefficient (Wildman–Crippen LogP) is 5.70. The smallest absolute Gasteiger partial charge is 0.260 e. The second kappa shape index (κ2) is 10.3. The van der Waals surface area contributed by atoms with Crippen LogP contribution in [-0.2, 0) is 8.98 Å². The number of pyridine rings is 1. The lowest BCUT2D eigenvalue weighted by Gasteiger charge is -2.46. The second-order valence-electron chi connectivity index (χ2n) is 9.54. The van der Waals surface area contributed by atoms with Crippen LogP contribution in [0.5, 0.6) is 0 Å². The fourth-order valence-electron chi connectivity index (χ4n) is 5.32. The molecule has 4 N–H and O–H groups in total. The summed E-state index contributed by atoms with van der Waals surface area (Å²) in [6, 6.07) is 25.5. The Labute approximate surface area is 223 Å². The van der Waals surface area contributed by atoms with Crippen molar-refractivity contribution < 1.29 is 24.3 Å². The Balaban J connectivity index is 0.00000147. The fraction of sp³-hybridized carbons (Fsp3) is 0.200. The van der Waals surface area contributed by atoms with Gasteiger partial charge in [-0.05, 0) is 70.0 Å². The number of halogens is 1. The normalized spacial score (nSPS) is 19.1. The molecular weight excluding hydrogens is 503 g/mol. The number of carbonyl (C=O) groups is 1. The van der Waals surface area contributed by atoms with Crippen molar-refractivity contribution in [1.82, 2.24) is 4.98 Å². The molecule has 2 fully saturated rings. The number of β-lactam (4-membered cyclic amide) rings is 1. The molecule has 38 heavy (non-hydrogen) atoms. The van der Waals surface area contributed by atoms with Crippen LogP contribution in [0.4, 0.5) is 10.1 Å². The van der Waals surface area contributed by atoms with Crippen LogP contribution >= 0.6 is 12.0 Å². The molecular formula is C30H27FN2O4S. The maximum atomic E-state index is 13.7. The van der Waals surface area contributed by atoms with Crippen molar-refractivity contribution in [2.24, 2.45) is 0 Å². The SMILES string of the molecule is O.O.O=C1[C@@H](OSC2CCC2)[C@H](c2ccc(F)cn2)N1c1cc2c3ccccc3ccc2c2ccccc12. The van der Waals surface area contributed by atoms with Crippen molar-refractivity contribution in [2.75, 3.05) is 4.90 Å². The van der Waals surface area contributed by atoms with Crippen molar-refractivity contribution in [1.29, 1.82) is 0 Å². The number of carbonyl (C=O) groups excluding carboxylic acids is 1. The van der Waals surface area contributed by atoms with E-state index in [1.165, 1.54) is 30.7 Å². The lowest BCUT2D eigenvalue weighted by molar-refractivity contribution is -0.134. The summed E-state index contributed by atoms with van der Waals surface area (Å²) in [4.78, 5) is 19.8. The number of hydrogen-bond acceptors (Lipinski definition) is 4. The molecule has 2 aliphatic rings. The van der Waals surface area contributed by atoms with Crippen LogP contribution in [-0.4, -0.2) is 33.2 Å². The number of hydrogen-bond donors (Lipinski definition) is 0. The summed E-state index contributed by atoms with van der Waals surface area (Å²) < 4.78 is 19.8. The molecule has 7 rings (SSSR count). The standard InChI is InChI=1S/C30H23FN2O2S.2H2O/c31-19-13-15-26(32-17-19)28-29(35-36-20-7-5-8-20)30(34)33(28)27-16-25-21-9-2-1-6-18(21)12-14-23(25)22-10-3-4-11-24(22)27;;/h1-4,6,9-17,20,28-29H,5,7-8H2;2*1H2/t28-,29-;;/m0../s1. The van der Waals surface area contributed by atoms with E-state index in [0.29, 0.717) is 10.9 Å². The van der Waals surface area contributed by atoms with E-state index in [9.17, 15) is 9.18 Å². The number of fused-ring (bicyclic) bond motifs is 5. The highest BCUT2D eigenvalue weighted by molar-refractivity contribution is 7.95. The van der Waals surface area contributed by atoms with Crippen LogP contribution in [0.3, 0.4) is 0 Å². The first-order chi connectivity index (χ1) is 17.7. The van der Waals surface area contributed by atoms with Gasteiger partial charge in [-0.25, -0.2) is 4.39 Å². The molecule has 5 aromatic rings. The monoisotopic (exact) mass is 530 g/mol. The van der Waals surface area contributed by atoms with E-state index in [1.54, 1.807) is 11.0 Å². The Morgan fingerprint density at radius 3 is 2.26 bits per heavy atom. The lowest BCUT2D eigenvalue weighted by atomic mass is 9.90. The van der Waals surface area contributed by atoms with Crippen molar-refractivity contribution in [2.45, 2.75) is 36.7 Å². The minimum Gasteiger partial charge on any atom is -0.412 e. The summed E-state index contributed by atoms with van der Waals surface area (Å²) in [5, 5.41) is 7.03. The summed E-state index contributed by atoms with van der Waals surface area (Å²) in [5.41, 5.74) is 1.45. The highest BCUT2D eigenvalue weighted by Crippen LogP contribution is 2.47. The van der Waals surface area contributed by atoms with Gasteiger partial charge in [-0.1, -0.05) is 67.1 Å². The molecule has 2 heterocycles. The minimum atomic E-state index is -0.657. The maximum Gasteiger partial charge on any atom is 0.260 e. The van der Waals surface area contributed by atoms with Gasteiger partial charge in [-0.15, -0.1) is 0 Å². The molecule has 2 atom stereocenters. The molecule has 1 saturated carbocycles. The summed E-state index contributed by atoms with van der Waals surface area (Å²) >= 11 is 1.41. The number of benzene rings is 4. The van der Waals surface area contributed by atoms with Crippen molar-refractivity contribution >= 4 is 56.0 Å². The second-order valence-corrected chi connectivity index (χ2v) is 10.6. The van der Waals surface area contributed by atoms with Gasteiger partial charge < -0.3 is 11.0 Å². The third kappa shape index (κ3) is 4.10. The molecule has 8 heteroatoms. The molecule has 1 saturated heterocycles. The van der Waals surface area contributed by atoms with E-state index in [0.717, 1.165) is 50.8 Å². The van der Waals surface area contributed by atoms with Crippen LogP contribution in [0.15, 0.2) is 85.1 Å². The van der Waals surface area contributed by atoms with Gasteiger partial charge in [-0.2, -0.15) is 0 Å². The van der Waals surface area contributed by atoms with E-state index >= 15 is 0 Å². The number of nitrogens with zero attached hydrogens (tertiary/aromatic N) is 2. The molecule has 0 unspecified atom stereocenters. The summed E-state index contributed by atoms with van der Waals surface area (Å²) in [6.45, 7) is 0. The molecule has 0 bridgehead atoms. The van der Waals surface area contributed by atoms with Gasteiger partial charge in [-0.3, -0.25) is 18.9 Å². The van der Waals surface area contributed by atoms with Gasteiger partial charge in [0.05, 0.1) is 17.6 Å². The molecule has 0 spiro atoms. The first-order valence-corrected chi connectivity index (χ1v) is 13.1. The highest BCUT2D eigenvalue weighted by atomic mass is 32.2. The van der Waals surface area contributed by atoms with Crippen LogP contribution in [0.2, 0.25) is 0 Å². The quantitative estimate of drug-likeness (QED) is 0.165. The number of amides is 1. The number of rotatable bonds is 5. The van der Waals surface area contributed by atoms with Crippen LogP contribution in [0, 0.1) is 5.82 Å². The Morgan fingerprint density at radius 1 is 0.842 bits per heavy atom. The van der Waals surface area contributed by atoms with Crippen molar-refractivity contribution in [3.05, 3.63) is 96.6 Å². The minimum absolute atomic E-state index is 0. The van der Waals surface area contributed by atoms with Gasteiger partial charge >= 0.3 is 0 Å². The number of anilines is 1. The molecule has 1 aliphatic carbocycles. The molecule has 4 aromatic carbocycles. The van der Waals surface area contributed by atoms with Gasteiger partial charge in [0.1, 0.15) is 11.9 Å². The summed E-state index contributed by atoms with van der Waals surface area (Å²) in [7, 11) is 0. The van der Waals surface area contributed by atoms with Gasteiger partial charge in [0.25, 0.3) is 5.91 Å². The largest absolute Gasteiger partial charge is 0.412 e. The number of aromatic nitrogens is 1. The summed E-state index contributed by atoms with van der Waals surface area (Å²) in [5.74, 6) is -0.498. The first kappa shape index (κ1) is 26.1. The molecule has 1 amide bonds. The average molecular weight is 531 g/mol. The molecule has 6 nitrogen and oxygen atoms in total. The maximum absolute atomic E-state index is 13.7. The Bertz CT molecular complexity index is 1640. The van der Waals surface area contributed by atoms with Gasteiger partial charge in [0.2, 0.25) is 0 Å². The van der Waals surface area contributed by atoms with Crippen LogP contribution in [0.1, 0.15) is 31.0 Å². The van der Waals surface area contributed by atoms with E-state index < -0.39 is 18.0 Å². The fourth-order valence-corrected chi connectivity index (χ4v) is 6.31. The Hall–Kier alpha value is -3.56. The molecule has 194 valence electrons. The summed E-state index contributed by atoms with van der Waals surface area (Å²) in [6.07, 6.45) is 3.97. The molecule has 0 radical (unpaired) electrons. The third-order valence-corrected chi connectivity index (χ3v) is 8.51. The van der Waals surface area contributed by atoms with E-state index in [-0.39, 0.29) is 16.9 Å². The first-order valence-electron chi connectivity index (χ1n) is 12.3. The van der Waals surface area contributed by atoms with E-state index in [4.69, 9.17) is 4.18 Å². The van der Waals surface area contributed by atoms with E-state index in [2.05, 4.69) is 47.4 Å². The predicted molar refractivity (Wildman–Crippen MR) is 151 cm³/mol. The van der Waals surface area contributed by atoms with Gasteiger partial charge in [0.15, 0.2) is 6.10 Å². The highest BCUT2D eigenvalue weighted by Gasteiger charge is 2.52. The zero-order valence-electron chi connectivity index (χ0n) is 20.4. The van der Waals surface area contributed by atoms with Crippen LogP contribution < -0.4 is 4.90 Å². The zero-order valence-corrected chi connectivity index (χ0v) is 21.2. The third-order valence-electron chi connectivity index (χ3n) is 7.45. The Morgan fingerprint density at radius 2 is 1.55 bits per heavy atom. The van der Waals surface area contributed by atoms with Crippen molar-refractivity contribution in [3.8, 4) is 0 Å². The van der Waals surface area contributed by atoms with Gasteiger partial charge in [0, 0.05) is 10.6 Å². The lowest BCUT2D eigenvalue weighted by Crippen LogP contribution is -2.60. The molecule has 1 aliphatic heterocycles. The van der Waals surface area contributed by atoms with Crippen LogP contribution in [0.25, 0.3) is 32.3 Å². The van der Waals surface area contributed by atoms with E-state index in [1.807, 2.05) is 24.3 Å². The Kier molecular flexibility index (Phi) is 7.07. The topological polar surface area (TPSA) is 105 Å². The average Bonchev–Trinajstić information content (AvgIpc) is 2.89.